The summed E-state index contributed by atoms with van der Waals surface area (Å²) < 4.78 is 5.30. The first-order valence-electron chi connectivity index (χ1n) is 5.73. The van der Waals surface area contributed by atoms with Crippen LogP contribution in [0.25, 0.3) is 11.3 Å². The summed E-state index contributed by atoms with van der Waals surface area (Å²) in [4.78, 5) is 4.02. The quantitative estimate of drug-likeness (QED) is 0.636. The molecule has 0 bridgehead atoms. The number of nitrogens with zero attached hydrogens (tertiary/aromatic N) is 2. The van der Waals surface area contributed by atoms with Gasteiger partial charge in [0.15, 0.2) is 11.7 Å². The van der Waals surface area contributed by atoms with Crippen LogP contribution in [0.1, 0.15) is 5.69 Å². The summed E-state index contributed by atoms with van der Waals surface area (Å²) in [6, 6.07) is 11.8. The van der Waals surface area contributed by atoms with Crippen LogP contribution in [-0.2, 0) is 6.54 Å². The lowest BCUT2D eigenvalue weighted by atomic mass is 10.2. The minimum Gasteiger partial charge on any atom is -0.359 e. The van der Waals surface area contributed by atoms with Crippen LogP contribution >= 0.6 is 0 Å². The molecule has 0 amide bonds. The van der Waals surface area contributed by atoms with Crippen molar-refractivity contribution in [3.05, 3.63) is 42.1 Å². The molecule has 0 atom stereocenters. The molecule has 18 heavy (non-hydrogen) atoms. The molecule has 0 fully saturated rings. The molecule has 0 saturated carbocycles. The Bertz CT molecular complexity index is 519. The van der Waals surface area contributed by atoms with Gasteiger partial charge in [-0.25, -0.2) is 0 Å². The Labute approximate surface area is 106 Å². The maximum Gasteiger partial charge on any atom is 0.191 e. The largest absolute Gasteiger partial charge is 0.359 e. The van der Waals surface area contributed by atoms with Gasteiger partial charge >= 0.3 is 0 Å². The first-order valence-corrected chi connectivity index (χ1v) is 5.73. The summed E-state index contributed by atoms with van der Waals surface area (Å²) in [5.74, 6) is 1.49. The molecule has 5 nitrogen and oxygen atoms in total. The van der Waals surface area contributed by atoms with E-state index in [2.05, 4.69) is 20.8 Å². The molecule has 0 aliphatic heterocycles. The van der Waals surface area contributed by atoms with Crippen molar-refractivity contribution in [3.8, 4) is 11.3 Å². The maximum atomic E-state index is 5.30. The second kappa shape index (κ2) is 5.86. The van der Waals surface area contributed by atoms with Crippen molar-refractivity contribution < 1.29 is 4.52 Å². The normalized spacial score (nSPS) is 11.3. The van der Waals surface area contributed by atoms with Crippen LogP contribution in [0, 0.1) is 0 Å². The Morgan fingerprint density at radius 1 is 1.33 bits per heavy atom. The smallest absolute Gasteiger partial charge is 0.191 e. The van der Waals surface area contributed by atoms with Gasteiger partial charge in [0.25, 0.3) is 0 Å². The summed E-state index contributed by atoms with van der Waals surface area (Å²) in [6.45, 7) is 0.573. The molecule has 1 heterocycles. The summed E-state index contributed by atoms with van der Waals surface area (Å²) in [5.41, 5.74) is 1.86. The molecule has 0 unspecified atom stereocenters. The van der Waals surface area contributed by atoms with Gasteiger partial charge in [0.2, 0.25) is 0 Å². The van der Waals surface area contributed by atoms with Gasteiger partial charge in [-0.15, -0.1) is 0 Å². The van der Waals surface area contributed by atoms with E-state index in [-0.39, 0.29) is 0 Å². The Morgan fingerprint density at radius 2 is 2.11 bits per heavy atom. The van der Waals surface area contributed by atoms with Crippen molar-refractivity contribution in [2.45, 2.75) is 6.54 Å². The zero-order valence-corrected chi connectivity index (χ0v) is 10.5. The molecule has 1 aromatic heterocycles. The minimum atomic E-state index is 0.573. The minimum absolute atomic E-state index is 0.573. The van der Waals surface area contributed by atoms with Gasteiger partial charge in [-0.3, -0.25) is 4.99 Å². The Kier molecular flexibility index (Phi) is 3.96. The maximum absolute atomic E-state index is 5.30. The van der Waals surface area contributed by atoms with Gasteiger partial charge in [0.1, 0.15) is 5.69 Å². The van der Waals surface area contributed by atoms with Crippen LogP contribution in [-0.4, -0.2) is 25.2 Å². The van der Waals surface area contributed by atoms with Crippen LogP contribution in [0.2, 0.25) is 0 Å². The highest BCUT2D eigenvalue weighted by atomic mass is 16.5. The number of hydrogen-bond donors (Lipinski definition) is 2. The van der Waals surface area contributed by atoms with Crippen LogP contribution in [0.15, 0.2) is 45.9 Å². The molecule has 1 aromatic carbocycles. The van der Waals surface area contributed by atoms with E-state index in [1.165, 1.54) is 0 Å². The molecule has 2 rings (SSSR count). The van der Waals surface area contributed by atoms with Gasteiger partial charge in [0, 0.05) is 25.7 Å². The summed E-state index contributed by atoms with van der Waals surface area (Å²) in [6.07, 6.45) is 0. The molecule has 94 valence electrons. The third kappa shape index (κ3) is 2.88. The number of aromatic nitrogens is 1. The monoisotopic (exact) mass is 244 g/mol. The lowest BCUT2D eigenvalue weighted by Gasteiger charge is -2.05. The summed E-state index contributed by atoms with van der Waals surface area (Å²) in [5, 5.41) is 10.1. The Hall–Kier alpha value is -2.30. The van der Waals surface area contributed by atoms with Crippen molar-refractivity contribution in [3.63, 3.8) is 0 Å². The second-order valence-corrected chi connectivity index (χ2v) is 3.72. The van der Waals surface area contributed by atoms with Gasteiger partial charge < -0.3 is 15.2 Å². The first-order chi connectivity index (χ1) is 8.83. The number of nitrogens with one attached hydrogen (secondary N) is 2. The van der Waals surface area contributed by atoms with E-state index >= 15 is 0 Å². The molecule has 2 N–H and O–H groups in total. The highest BCUT2D eigenvalue weighted by Crippen LogP contribution is 2.19. The fourth-order valence-corrected chi connectivity index (χ4v) is 1.59. The Balaban J connectivity index is 2.03. The highest BCUT2D eigenvalue weighted by Gasteiger charge is 2.06. The first kappa shape index (κ1) is 12.2. The van der Waals surface area contributed by atoms with Crippen molar-refractivity contribution in [1.29, 1.82) is 0 Å². The number of guanidine groups is 1. The third-order valence-electron chi connectivity index (χ3n) is 2.51. The molecule has 5 heteroatoms. The van der Waals surface area contributed by atoms with E-state index in [1.807, 2.05) is 43.4 Å². The zero-order chi connectivity index (χ0) is 12.8. The van der Waals surface area contributed by atoms with E-state index in [9.17, 15) is 0 Å². The zero-order valence-electron chi connectivity index (χ0n) is 10.5. The van der Waals surface area contributed by atoms with Crippen LogP contribution < -0.4 is 10.6 Å². The van der Waals surface area contributed by atoms with Gasteiger partial charge in [-0.1, -0.05) is 35.5 Å². The predicted octanol–water partition coefficient (Wildman–Crippen LogP) is 1.64. The predicted molar refractivity (Wildman–Crippen MR) is 71.2 cm³/mol. The average Bonchev–Trinajstić information content (AvgIpc) is 2.90. The lowest BCUT2D eigenvalue weighted by molar-refractivity contribution is 0.422. The van der Waals surface area contributed by atoms with Crippen LogP contribution in [0.4, 0.5) is 0 Å². The highest BCUT2D eigenvalue weighted by molar-refractivity contribution is 5.79. The molecule has 2 aromatic rings. The SMILES string of the molecule is CN=C(NC)NCc1cc(-c2ccccc2)on1. The van der Waals surface area contributed by atoms with Gasteiger partial charge in [-0.2, -0.15) is 0 Å². The topological polar surface area (TPSA) is 62.5 Å². The molecule has 0 spiro atoms. The Morgan fingerprint density at radius 3 is 2.78 bits per heavy atom. The van der Waals surface area contributed by atoms with E-state index < -0.39 is 0 Å². The van der Waals surface area contributed by atoms with Crippen molar-refractivity contribution in [1.82, 2.24) is 15.8 Å². The second-order valence-electron chi connectivity index (χ2n) is 3.72. The number of benzene rings is 1. The van der Waals surface area contributed by atoms with Gasteiger partial charge in [0.05, 0.1) is 6.54 Å². The molecule has 0 aliphatic carbocycles. The third-order valence-corrected chi connectivity index (χ3v) is 2.51. The number of rotatable bonds is 3. The standard InChI is InChI=1S/C13H16N4O/c1-14-13(15-2)16-9-11-8-12(18-17-11)10-6-4-3-5-7-10/h3-8H,9H2,1-2H3,(H2,14,15,16). The van der Waals surface area contributed by atoms with E-state index in [4.69, 9.17) is 4.52 Å². The fraction of sp³-hybridized carbons (Fsp3) is 0.231. The number of hydrogen-bond acceptors (Lipinski definition) is 3. The van der Waals surface area contributed by atoms with E-state index in [0.29, 0.717) is 6.54 Å². The van der Waals surface area contributed by atoms with Gasteiger partial charge in [-0.05, 0) is 0 Å². The molecule has 0 saturated heterocycles. The van der Waals surface area contributed by atoms with E-state index in [1.54, 1.807) is 7.05 Å². The molecular formula is C13H16N4O. The lowest BCUT2D eigenvalue weighted by Crippen LogP contribution is -2.34. The number of aliphatic imine (C=N–C) groups is 1. The molecular weight excluding hydrogens is 228 g/mol. The van der Waals surface area contributed by atoms with Crippen LogP contribution in [0.3, 0.4) is 0 Å². The molecule has 0 radical (unpaired) electrons. The van der Waals surface area contributed by atoms with Crippen molar-refractivity contribution in [2.24, 2.45) is 4.99 Å². The van der Waals surface area contributed by atoms with E-state index in [0.717, 1.165) is 23.0 Å². The summed E-state index contributed by atoms with van der Waals surface area (Å²) >= 11 is 0. The van der Waals surface area contributed by atoms with Crippen LogP contribution in [0.5, 0.6) is 0 Å². The molecule has 0 aliphatic rings. The van der Waals surface area contributed by atoms with Crippen molar-refractivity contribution >= 4 is 5.96 Å². The summed E-state index contributed by atoms with van der Waals surface area (Å²) in [7, 11) is 3.53. The fourth-order valence-electron chi connectivity index (χ4n) is 1.59. The average molecular weight is 244 g/mol. The van der Waals surface area contributed by atoms with Crippen molar-refractivity contribution in [2.75, 3.05) is 14.1 Å².